The molecule has 0 aromatic carbocycles. The predicted molar refractivity (Wildman–Crippen MR) is 72.0 cm³/mol. The average Bonchev–Trinajstić information content (AvgIpc) is 2.92. The number of nitrogens with zero attached hydrogens (tertiary/aromatic N) is 2. The summed E-state index contributed by atoms with van der Waals surface area (Å²) in [7, 11) is 0. The molecule has 2 heterocycles. The second-order valence-electron chi connectivity index (χ2n) is 4.41. The minimum atomic E-state index is 0.181. The molecule has 1 aliphatic rings. The molecular formula is C13H18N2O2S. The van der Waals surface area contributed by atoms with E-state index in [0.717, 1.165) is 31.1 Å². The molecule has 18 heavy (non-hydrogen) atoms. The third-order valence-corrected chi connectivity index (χ3v) is 4.10. The molecule has 0 aliphatic carbocycles. The first-order valence-electron chi connectivity index (χ1n) is 6.27. The molecular weight excluding hydrogens is 248 g/mol. The third kappa shape index (κ3) is 3.17. The number of carbonyl (C=O) groups is 2. The summed E-state index contributed by atoms with van der Waals surface area (Å²) in [6.45, 7) is 5.42. The topological polar surface area (TPSA) is 40.6 Å². The van der Waals surface area contributed by atoms with Crippen molar-refractivity contribution < 1.29 is 9.59 Å². The summed E-state index contributed by atoms with van der Waals surface area (Å²) in [6.07, 6.45) is 0.564. The maximum atomic E-state index is 11.9. The van der Waals surface area contributed by atoms with Crippen LogP contribution in [-0.4, -0.2) is 54.2 Å². The van der Waals surface area contributed by atoms with Crippen LogP contribution in [0.2, 0.25) is 0 Å². The van der Waals surface area contributed by atoms with Gasteiger partial charge in [-0.15, -0.1) is 11.3 Å². The molecule has 0 saturated carbocycles. The van der Waals surface area contributed by atoms with Gasteiger partial charge in [0.05, 0.1) is 11.4 Å². The first kappa shape index (κ1) is 13.2. The van der Waals surface area contributed by atoms with Gasteiger partial charge >= 0.3 is 0 Å². The maximum Gasteiger partial charge on any atom is 0.222 e. The fourth-order valence-electron chi connectivity index (χ4n) is 2.10. The molecule has 1 aromatic heterocycles. The van der Waals surface area contributed by atoms with Gasteiger partial charge in [0.25, 0.3) is 0 Å². The smallest absolute Gasteiger partial charge is 0.222 e. The van der Waals surface area contributed by atoms with E-state index in [4.69, 9.17) is 0 Å². The van der Waals surface area contributed by atoms with Gasteiger partial charge in [-0.25, -0.2) is 0 Å². The molecule has 1 aromatic rings. The third-order valence-electron chi connectivity index (χ3n) is 3.19. The standard InChI is InChI=1S/C13H18N2O2S/c1-2-13(17)15-7-5-14(6-8-15)10-11(16)12-4-3-9-18-12/h3-4,9H,2,5-8,10H2,1H3. The molecule has 5 heteroatoms. The highest BCUT2D eigenvalue weighted by molar-refractivity contribution is 7.12. The molecule has 0 bridgehead atoms. The van der Waals surface area contributed by atoms with E-state index in [2.05, 4.69) is 4.90 Å². The maximum absolute atomic E-state index is 11.9. The molecule has 98 valence electrons. The Morgan fingerprint density at radius 2 is 2.00 bits per heavy atom. The van der Waals surface area contributed by atoms with Crippen molar-refractivity contribution in [2.24, 2.45) is 0 Å². The van der Waals surface area contributed by atoms with Gasteiger partial charge < -0.3 is 4.90 Å². The number of ketones is 1. The van der Waals surface area contributed by atoms with Gasteiger partial charge in [-0.3, -0.25) is 14.5 Å². The zero-order valence-corrected chi connectivity index (χ0v) is 11.4. The molecule has 1 aliphatic heterocycles. The van der Waals surface area contributed by atoms with E-state index in [0.29, 0.717) is 13.0 Å². The molecule has 0 N–H and O–H groups in total. The molecule has 4 nitrogen and oxygen atoms in total. The normalized spacial score (nSPS) is 16.8. The lowest BCUT2D eigenvalue weighted by Crippen LogP contribution is -2.49. The zero-order chi connectivity index (χ0) is 13.0. The van der Waals surface area contributed by atoms with Crippen LogP contribution in [0.1, 0.15) is 23.0 Å². The minimum absolute atomic E-state index is 0.181. The van der Waals surface area contributed by atoms with Crippen molar-refractivity contribution in [1.29, 1.82) is 0 Å². The van der Waals surface area contributed by atoms with E-state index < -0.39 is 0 Å². The molecule has 1 fully saturated rings. The fraction of sp³-hybridized carbons (Fsp3) is 0.538. The quantitative estimate of drug-likeness (QED) is 0.775. The first-order chi connectivity index (χ1) is 8.70. The number of hydrogen-bond donors (Lipinski definition) is 0. The second-order valence-corrected chi connectivity index (χ2v) is 5.36. The number of Topliss-reactive ketones (excluding diaryl/α,β-unsaturated/α-hetero) is 1. The number of rotatable bonds is 4. The van der Waals surface area contributed by atoms with E-state index in [9.17, 15) is 9.59 Å². The van der Waals surface area contributed by atoms with E-state index in [1.54, 1.807) is 0 Å². The summed E-state index contributed by atoms with van der Waals surface area (Å²) in [5.41, 5.74) is 0. The van der Waals surface area contributed by atoms with Gasteiger partial charge in [0, 0.05) is 32.6 Å². The highest BCUT2D eigenvalue weighted by Crippen LogP contribution is 2.11. The molecule has 0 spiro atoms. The summed E-state index contributed by atoms with van der Waals surface area (Å²) in [5.74, 6) is 0.388. The Hall–Kier alpha value is -1.20. The summed E-state index contributed by atoms with van der Waals surface area (Å²) in [5, 5.41) is 1.92. The van der Waals surface area contributed by atoms with E-state index in [1.807, 2.05) is 29.3 Å². The van der Waals surface area contributed by atoms with Crippen molar-refractivity contribution in [3.63, 3.8) is 0 Å². The molecule has 0 unspecified atom stereocenters. The van der Waals surface area contributed by atoms with Crippen molar-refractivity contribution in [3.05, 3.63) is 22.4 Å². The van der Waals surface area contributed by atoms with Gasteiger partial charge in [-0.05, 0) is 11.4 Å². The summed E-state index contributed by atoms with van der Waals surface area (Å²) in [6, 6.07) is 3.76. The summed E-state index contributed by atoms with van der Waals surface area (Å²) >= 11 is 1.49. The van der Waals surface area contributed by atoms with Crippen LogP contribution < -0.4 is 0 Å². The molecule has 2 rings (SSSR count). The van der Waals surface area contributed by atoms with Crippen molar-refractivity contribution >= 4 is 23.0 Å². The summed E-state index contributed by atoms with van der Waals surface area (Å²) in [4.78, 5) is 28.3. The van der Waals surface area contributed by atoms with Crippen LogP contribution in [0.15, 0.2) is 17.5 Å². The van der Waals surface area contributed by atoms with Crippen LogP contribution in [0.3, 0.4) is 0 Å². The van der Waals surface area contributed by atoms with Crippen molar-refractivity contribution in [2.75, 3.05) is 32.7 Å². The Balaban J connectivity index is 1.80. The van der Waals surface area contributed by atoms with Crippen molar-refractivity contribution in [3.8, 4) is 0 Å². The van der Waals surface area contributed by atoms with Crippen LogP contribution in [0, 0.1) is 0 Å². The van der Waals surface area contributed by atoms with Gasteiger partial charge in [-0.2, -0.15) is 0 Å². The highest BCUT2D eigenvalue weighted by atomic mass is 32.1. The number of amides is 1. The van der Waals surface area contributed by atoms with Crippen molar-refractivity contribution in [1.82, 2.24) is 9.80 Å². The van der Waals surface area contributed by atoms with E-state index >= 15 is 0 Å². The SMILES string of the molecule is CCC(=O)N1CCN(CC(=O)c2cccs2)CC1. The Bertz CT molecular complexity index is 409. The zero-order valence-electron chi connectivity index (χ0n) is 10.6. The molecule has 1 amide bonds. The van der Waals surface area contributed by atoms with E-state index in [-0.39, 0.29) is 11.7 Å². The fourth-order valence-corrected chi connectivity index (χ4v) is 2.75. The van der Waals surface area contributed by atoms with Gasteiger partial charge in [0.1, 0.15) is 0 Å². The Kier molecular flexibility index (Phi) is 4.49. The largest absolute Gasteiger partial charge is 0.340 e. The van der Waals surface area contributed by atoms with Crippen LogP contribution in [0.4, 0.5) is 0 Å². The predicted octanol–water partition coefficient (Wildman–Crippen LogP) is 1.48. The molecule has 0 atom stereocenters. The Morgan fingerprint density at radius 3 is 2.56 bits per heavy atom. The average molecular weight is 266 g/mol. The Morgan fingerprint density at radius 1 is 1.28 bits per heavy atom. The van der Waals surface area contributed by atoms with Gasteiger partial charge in [0.2, 0.25) is 5.91 Å². The van der Waals surface area contributed by atoms with E-state index in [1.165, 1.54) is 11.3 Å². The minimum Gasteiger partial charge on any atom is -0.340 e. The van der Waals surface area contributed by atoms with Crippen molar-refractivity contribution in [2.45, 2.75) is 13.3 Å². The highest BCUT2D eigenvalue weighted by Gasteiger charge is 2.21. The lowest BCUT2D eigenvalue weighted by Gasteiger charge is -2.34. The van der Waals surface area contributed by atoms with Crippen LogP contribution in [-0.2, 0) is 4.79 Å². The lowest BCUT2D eigenvalue weighted by molar-refractivity contribution is -0.132. The van der Waals surface area contributed by atoms with Gasteiger partial charge in [0.15, 0.2) is 5.78 Å². The Labute approximate surface area is 111 Å². The van der Waals surface area contributed by atoms with Gasteiger partial charge in [-0.1, -0.05) is 13.0 Å². The second kappa shape index (κ2) is 6.11. The number of carbonyl (C=O) groups excluding carboxylic acids is 2. The molecule has 1 saturated heterocycles. The number of hydrogen-bond acceptors (Lipinski definition) is 4. The first-order valence-corrected chi connectivity index (χ1v) is 7.15. The lowest BCUT2D eigenvalue weighted by atomic mass is 10.2. The number of piperazine rings is 1. The van der Waals surface area contributed by atoms with Crippen LogP contribution in [0.5, 0.6) is 0 Å². The number of thiophene rings is 1. The molecule has 0 radical (unpaired) electrons. The van der Waals surface area contributed by atoms with Crippen LogP contribution in [0.25, 0.3) is 0 Å². The summed E-state index contributed by atoms with van der Waals surface area (Å²) < 4.78 is 0. The monoisotopic (exact) mass is 266 g/mol. The van der Waals surface area contributed by atoms with Crippen LogP contribution >= 0.6 is 11.3 Å².